The van der Waals surface area contributed by atoms with Crippen LogP contribution in [0.3, 0.4) is 0 Å². The van der Waals surface area contributed by atoms with Gasteiger partial charge in [-0.15, -0.1) is 0 Å². The molecule has 4 heterocycles. The molecule has 2 aromatic carbocycles. The van der Waals surface area contributed by atoms with Gasteiger partial charge in [0.15, 0.2) is 0 Å². The lowest BCUT2D eigenvalue weighted by Crippen LogP contribution is -2.36. The minimum absolute atomic E-state index is 0.0174. The van der Waals surface area contributed by atoms with Crippen molar-refractivity contribution in [3.05, 3.63) is 89.3 Å². The van der Waals surface area contributed by atoms with Crippen molar-refractivity contribution in [3.63, 3.8) is 0 Å². The number of para-hydroxylation sites is 3. The highest BCUT2D eigenvalue weighted by atomic mass is 16.4. The molecular formula is C25H24N4O2. The van der Waals surface area contributed by atoms with E-state index in [0.717, 1.165) is 35.6 Å². The molecule has 0 fully saturated rings. The molecule has 1 atom stereocenters. The second-order valence-corrected chi connectivity index (χ2v) is 8.23. The summed E-state index contributed by atoms with van der Waals surface area (Å²) >= 11 is 0. The number of aromatic nitrogens is 3. The Hall–Kier alpha value is -3.35. The highest BCUT2D eigenvalue weighted by molar-refractivity contribution is 5.85. The minimum Gasteiger partial charge on any atom is -0.462 e. The van der Waals surface area contributed by atoms with Gasteiger partial charge in [0.1, 0.15) is 30.0 Å². The Labute approximate surface area is 179 Å². The van der Waals surface area contributed by atoms with Crippen molar-refractivity contribution >= 4 is 21.9 Å². The largest absolute Gasteiger partial charge is 0.462 e. The van der Waals surface area contributed by atoms with E-state index >= 15 is 0 Å². The summed E-state index contributed by atoms with van der Waals surface area (Å²) in [5.74, 6) is 2.47. The van der Waals surface area contributed by atoms with E-state index in [1.807, 2.05) is 18.2 Å². The quantitative estimate of drug-likeness (QED) is 0.462. The van der Waals surface area contributed by atoms with Gasteiger partial charge in [-0.25, -0.2) is 4.98 Å². The Balaban J connectivity index is 1.52. The van der Waals surface area contributed by atoms with Gasteiger partial charge < -0.3 is 19.1 Å². The maximum Gasteiger partial charge on any atom is 0.133 e. The maximum absolute atomic E-state index is 9.39. The van der Waals surface area contributed by atoms with Crippen LogP contribution >= 0.6 is 0 Å². The van der Waals surface area contributed by atoms with Gasteiger partial charge in [-0.2, -0.15) is 0 Å². The number of H-pyrrole nitrogens is 1. The molecule has 31 heavy (non-hydrogen) atoms. The van der Waals surface area contributed by atoms with Crippen molar-refractivity contribution in [1.29, 1.82) is 0 Å². The van der Waals surface area contributed by atoms with Crippen LogP contribution in [0.1, 0.15) is 34.6 Å². The molecular weight excluding hydrogens is 388 g/mol. The molecule has 5 aromatic rings. The fraction of sp³-hybridized carbons (Fsp3) is 0.240. The molecule has 0 aliphatic carbocycles. The lowest BCUT2D eigenvalue weighted by atomic mass is 9.96. The number of aliphatic hydroxyl groups is 1. The zero-order chi connectivity index (χ0) is 20.9. The average Bonchev–Trinajstić information content (AvgIpc) is 3.49. The van der Waals surface area contributed by atoms with Gasteiger partial charge in [-0.05, 0) is 42.3 Å². The van der Waals surface area contributed by atoms with E-state index in [1.54, 1.807) is 0 Å². The summed E-state index contributed by atoms with van der Waals surface area (Å²) in [6.45, 7) is 1.47. The molecule has 0 spiro atoms. The predicted octanol–water partition coefficient (Wildman–Crippen LogP) is 4.29. The highest BCUT2D eigenvalue weighted by Crippen LogP contribution is 2.39. The van der Waals surface area contributed by atoms with E-state index in [1.165, 1.54) is 22.2 Å². The standard InChI is InChI=1S/C25H24N4O2/c1-28-22-9-5-4-8-21(22)27-25(28)24-23-19(18-6-2-3-7-20(18)26-23)12-13-29(24)14-16-10-11-17(15-30)31-16/h2-11,24,26,30H,12-15H2,1H3/t24-/m0/s1. The fourth-order valence-electron chi connectivity index (χ4n) is 4.95. The number of aryl methyl sites for hydroxylation is 1. The number of rotatable bonds is 4. The van der Waals surface area contributed by atoms with Crippen molar-refractivity contribution < 1.29 is 9.52 Å². The average molecular weight is 412 g/mol. The molecule has 0 saturated carbocycles. The number of hydrogen-bond acceptors (Lipinski definition) is 4. The monoisotopic (exact) mass is 412 g/mol. The van der Waals surface area contributed by atoms with E-state index in [-0.39, 0.29) is 12.6 Å². The van der Waals surface area contributed by atoms with Crippen molar-refractivity contribution in [2.75, 3.05) is 6.54 Å². The Kier molecular flexibility index (Phi) is 4.23. The number of aliphatic hydroxyl groups excluding tert-OH is 1. The summed E-state index contributed by atoms with van der Waals surface area (Å²) < 4.78 is 8.03. The summed E-state index contributed by atoms with van der Waals surface area (Å²) in [6.07, 6.45) is 0.966. The molecule has 3 aromatic heterocycles. The fourth-order valence-corrected chi connectivity index (χ4v) is 4.95. The lowest BCUT2D eigenvalue weighted by molar-refractivity contribution is 0.172. The number of nitrogens with zero attached hydrogens (tertiary/aromatic N) is 3. The molecule has 1 aliphatic heterocycles. The third kappa shape index (κ3) is 2.91. The van der Waals surface area contributed by atoms with E-state index in [0.29, 0.717) is 12.3 Å². The summed E-state index contributed by atoms with van der Waals surface area (Å²) in [5, 5.41) is 10.7. The molecule has 0 bridgehead atoms. The van der Waals surface area contributed by atoms with Crippen LogP contribution in [0, 0.1) is 0 Å². The number of nitrogens with one attached hydrogen (secondary N) is 1. The smallest absolute Gasteiger partial charge is 0.133 e. The van der Waals surface area contributed by atoms with Crippen molar-refractivity contribution in [3.8, 4) is 0 Å². The van der Waals surface area contributed by atoms with Crippen LogP contribution in [0.15, 0.2) is 65.1 Å². The third-order valence-electron chi connectivity index (χ3n) is 6.43. The van der Waals surface area contributed by atoms with Gasteiger partial charge in [0.25, 0.3) is 0 Å². The number of aromatic amines is 1. The Morgan fingerprint density at radius 1 is 1.06 bits per heavy atom. The summed E-state index contributed by atoms with van der Waals surface area (Å²) in [6, 6.07) is 20.6. The molecule has 0 amide bonds. The number of benzene rings is 2. The second kappa shape index (κ2) is 7.11. The lowest BCUT2D eigenvalue weighted by Gasteiger charge is -2.34. The Bertz CT molecular complexity index is 1390. The van der Waals surface area contributed by atoms with Crippen LogP contribution in [0.4, 0.5) is 0 Å². The van der Waals surface area contributed by atoms with Gasteiger partial charge >= 0.3 is 0 Å². The van der Waals surface area contributed by atoms with Crippen molar-refractivity contribution in [2.24, 2.45) is 7.05 Å². The van der Waals surface area contributed by atoms with Gasteiger partial charge in [-0.3, -0.25) is 4.90 Å². The summed E-state index contributed by atoms with van der Waals surface area (Å²) in [5.41, 5.74) is 5.88. The van der Waals surface area contributed by atoms with E-state index in [4.69, 9.17) is 9.40 Å². The summed E-state index contributed by atoms with van der Waals surface area (Å²) in [7, 11) is 2.09. The normalized spacial score (nSPS) is 16.9. The van der Waals surface area contributed by atoms with Gasteiger partial charge in [-0.1, -0.05) is 30.3 Å². The molecule has 6 rings (SSSR count). The molecule has 6 nitrogen and oxygen atoms in total. The Morgan fingerprint density at radius 3 is 2.71 bits per heavy atom. The van der Waals surface area contributed by atoms with E-state index in [9.17, 15) is 5.11 Å². The highest BCUT2D eigenvalue weighted by Gasteiger charge is 2.35. The molecule has 156 valence electrons. The van der Waals surface area contributed by atoms with Gasteiger partial charge in [0.05, 0.1) is 17.6 Å². The molecule has 6 heteroatoms. The topological polar surface area (TPSA) is 70.2 Å². The second-order valence-electron chi connectivity index (χ2n) is 8.23. The van der Waals surface area contributed by atoms with Crippen LogP contribution in [0.25, 0.3) is 21.9 Å². The van der Waals surface area contributed by atoms with Gasteiger partial charge in [0, 0.05) is 30.2 Å². The number of imidazole rings is 1. The molecule has 2 N–H and O–H groups in total. The first-order valence-corrected chi connectivity index (χ1v) is 10.7. The minimum atomic E-state index is -0.0830. The van der Waals surface area contributed by atoms with Crippen LogP contribution in [-0.4, -0.2) is 31.1 Å². The number of hydrogen-bond donors (Lipinski definition) is 2. The molecule has 0 radical (unpaired) electrons. The van der Waals surface area contributed by atoms with Crippen molar-refractivity contribution in [2.45, 2.75) is 25.6 Å². The molecule has 1 aliphatic rings. The van der Waals surface area contributed by atoms with Crippen molar-refractivity contribution in [1.82, 2.24) is 19.4 Å². The van der Waals surface area contributed by atoms with E-state index < -0.39 is 0 Å². The third-order valence-corrected chi connectivity index (χ3v) is 6.43. The molecule has 0 unspecified atom stereocenters. The number of furan rings is 1. The maximum atomic E-state index is 9.39. The summed E-state index contributed by atoms with van der Waals surface area (Å²) in [4.78, 5) is 11.2. The Morgan fingerprint density at radius 2 is 1.87 bits per heavy atom. The zero-order valence-electron chi connectivity index (χ0n) is 17.4. The predicted molar refractivity (Wildman–Crippen MR) is 120 cm³/mol. The molecule has 0 saturated heterocycles. The van der Waals surface area contributed by atoms with Gasteiger partial charge in [0.2, 0.25) is 0 Å². The number of fused-ring (bicyclic) bond motifs is 4. The first-order chi connectivity index (χ1) is 15.2. The first kappa shape index (κ1) is 18.4. The van der Waals surface area contributed by atoms with E-state index in [2.05, 4.69) is 64.0 Å². The first-order valence-electron chi connectivity index (χ1n) is 10.7. The SMILES string of the molecule is Cn1c([C@@H]2c3[nH]c4ccccc4c3CCN2Cc2ccc(CO)o2)nc2ccccc21. The van der Waals surface area contributed by atoms with Crippen LogP contribution in [0.2, 0.25) is 0 Å². The van der Waals surface area contributed by atoms with Crippen LogP contribution in [-0.2, 0) is 26.6 Å². The van der Waals surface area contributed by atoms with Crippen LogP contribution in [0.5, 0.6) is 0 Å². The zero-order valence-corrected chi connectivity index (χ0v) is 17.4. The van der Waals surface area contributed by atoms with Crippen LogP contribution < -0.4 is 0 Å².